The van der Waals surface area contributed by atoms with Crippen molar-refractivity contribution in [2.75, 3.05) is 20.1 Å². The summed E-state index contributed by atoms with van der Waals surface area (Å²) in [7, 11) is 1.99. The minimum atomic E-state index is 0.953. The van der Waals surface area contributed by atoms with Crippen LogP contribution in [-0.4, -0.2) is 25.0 Å². The Labute approximate surface area is 106 Å². The molecule has 1 N–H and O–H groups in total. The van der Waals surface area contributed by atoms with Crippen molar-refractivity contribution in [3.8, 4) is 0 Å². The molecule has 1 aromatic carbocycles. The lowest BCUT2D eigenvalue weighted by atomic mass is 10.1. The summed E-state index contributed by atoms with van der Waals surface area (Å²) >= 11 is 0. The smallest absolute Gasteiger partial charge is 0.0233 e. The largest absolute Gasteiger partial charge is 0.316 e. The Kier molecular flexibility index (Phi) is 6.90. The summed E-state index contributed by atoms with van der Waals surface area (Å²) in [6, 6.07) is 8.89. The van der Waals surface area contributed by atoms with Crippen molar-refractivity contribution in [1.82, 2.24) is 10.2 Å². The molecule has 2 nitrogen and oxygen atoms in total. The van der Waals surface area contributed by atoms with Gasteiger partial charge in [0.25, 0.3) is 0 Å². The zero-order valence-corrected chi connectivity index (χ0v) is 11.5. The van der Waals surface area contributed by atoms with Gasteiger partial charge in [0.15, 0.2) is 0 Å². The summed E-state index contributed by atoms with van der Waals surface area (Å²) in [6.45, 7) is 8.87. The summed E-state index contributed by atoms with van der Waals surface area (Å²) in [5, 5.41) is 3.20. The Morgan fingerprint density at radius 2 is 1.94 bits per heavy atom. The van der Waals surface area contributed by atoms with Gasteiger partial charge in [-0.15, -0.1) is 0 Å². The van der Waals surface area contributed by atoms with E-state index in [-0.39, 0.29) is 0 Å². The monoisotopic (exact) mass is 234 g/mol. The minimum Gasteiger partial charge on any atom is -0.316 e. The lowest BCUT2D eigenvalue weighted by Crippen LogP contribution is -2.24. The molecule has 0 unspecified atom stereocenters. The third kappa shape index (κ3) is 5.33. The molecular formula is C15H26N2. The van der Waals surface area contributed by atoms with E-state index in [9.17, 15) is 0 Å². The van der Waals surface area contributed by atoms with Crippen molar-refractivity contribution in [1.29, 1.82) is 0 Å². The van der Waals surface area contributed by atoms with Crippen molar-refractivity contribution >= 4 is 0 Å². The maximum absolute atomic E-state index is 3.20. The molecule has 0 atom stereocenters. The number of nitrogens with one attached hydrogen (secondary N) is 1. The molecule has 0 heterocycles. The SMILES string of the molecule is CCCCN(CC)Cc1cccc(CNC)c1. The standard InChI is InChI=1S/C15H26N2/c1-4-6-10-17(5-2)13-15-9-7-8-14(11-15)12-16-3/h7-9,11,16H,4-6,10,12-13H2,1-3H3. The number of rotatable bonds is 8. The van der Waals surface area contributed by atoms with Gasteiger partial charge in [0.05, 0.1) is 0 Å². The van der Waals surface area contributed by atoms with Crippen LogP contribution in [0.1, 0.15) is 37.8 Å². The highest BCUT2D eigenvalue weighted by Crippen LogP contribution is 2.09. The second kappa shape index (κ2) is 8.26. The first kappa shape index (κ1) is 14.2. The summed E-state index contributed by atoms with van der Waals surface area (Å²) in [4.78, 5) is 2.52. The summed E-state index contributed by atoms with van der Waals surface area (Å²) < 4.78 is 0. The van der Waals surface area contributed by atoms with Gasteiger partial charge in [-0.2, -0.15) is 0 Å². The van der Waals surface area contributed by atoms with Crippen molar-refractivity contribution in [3.63, 3.8) is 0 Å². The van der Waals surface area contributed by atoms with E-state index in [1.807, 2.05) is 7.05 Å². The van der Waals surface area contributed by atoms with E-state index in [0.717, 1.165) is 19.6 Å². The van der Waals surface area contributed by atoms with Gasteiger partial charge in [0, 0.05) is 13.1 Å². The van der Waals surface area contributed by atoms with E-state index in [2.05, 4.69) is 48.3 Å². The number of unbranched alkanes of at least 4 members (excludes halogenated alkanes) is 1. The molecule has 1 rings (SSSR count). The van der Waals surface area contributed by atoms with Gasteiger partial charge < -0.3 is 5.32 Å². The van der Waals surface area contributed by atoms with E-state index < -0.39 is 0 Å². The molecule has 0 amide bonds. The first-order valence-electron chi connectivity index (χ1n) is 6.74. The van der Waals surface area contributed by atoms with E-state index >= 15 is 0 Å². The predicted molar refractivity (Wildman–Crippen MR) is 75.1 cm³/mol. The van der Waals surface area contributed by atoms with Crippen LogP contribution in [-0.2, 0) is 13.1 Å². The van der Waals surface area contributed by atoms with Crippen molar-refractivity contribution < 1.29 is 0 Å². The zero-order valence-electron chi connectivity index (χ0n) is 11.5. The number of benzene rings is 1. The van der Waals surface area contributed by atoms with Gasteiger partial charge in [0.1, 0.15) is 0 Å². The fourth-order valence-corrected chi connectivity index (χ4v) is 2.03. The molecule has 0 bridgehead atoms. The quantitative estimate of drug-likeness (QED) is 0.744. The van der Waals surface area contributed by atoms with E-state index in [1.54, 1.807) is 0 Å². The Hall–Kier alpha value is -0.860. The lowest BCUT2D eigenvalue weighted by Gasteiger charge is -2.20. The van der Waals surface area contributed by atoms with Crippen LogP contribution < -0.4 is 5.32 Å². The van der Waals surface area contributed by atoms with Crippen LogP contribution in [0.4, 0.5) is 0 Å². The minimum absolute atomic E-state index is 0.953. The lowest BCUT2D eigenvalue weighted by molar-refractivity contribution is 0.275. The molecule has 0 saturated carbocycles. The van der Waals surface area contributed by atoms with Crippen LogP contribution in [0, 0.1) is 0 Å². The summed E-state index contributed by atoms with van der Waals surface area (Å²) in [5.41, 5.74) is 2.80. The molecule has 0 radical (unpaired) electrons. The first-order valence-corrected chi connectivity index (χ1v) is 6.74. The summed E-state index contributed by atoms with van der Waals surface area (Å²) in [6.07, 6.45) is 2.57. The highest BCUT2D eigenvalue weighted by molar-refractivity contribution is 5.23. The van der Waals surface area contributed by atoms with Crippen LogP contribution >= 0.6 is 0 Å². The predicted octanol–water partition coefficient (Wildman–Crippen LogP) is 3.03. The molecule has 0 saturated heterocycles. The molecule has 0 aliphatic rings. The van der Waals surface area contributed by atoms with E-state index in [4.69, 9.17) is 0 Å². The van der Waals surface area contributed by atoms with Crippen LogP contribution in [0.15, 0.2) is 24.3 Å². The van der Waals surface area contributed by atoms with Crippen molar-refractivity contribution in [2.45, 2.75) is 39.8 Å². The van der Waals surface area contributed by atoms with Crippen LogP contribution in [0.3, 0.4) is 0 Å². The molecule has 17 heavy (non-hydrogen) atoms. The number of hydrogen-bond acceptors (Lipinski definition) is 2. The van der Waals surface area contributed by atoms with Gasteiger partial charge in [-0.25, -0.2) is 0 Å². The Morgan fingerprint density at radius 1 is 1.18 bits per heavy atom. The van der Waals surface area contributed by atoms with Crippen molar-refractivity contribution in [3.05, 3.63) is 35.4 Å². The molecule has 0 spiro atoms. The van der Waals surface area contributed by atoms with Gasteiger partial charge in [0.2, 0.25) is 0 Å². The van der Waals surface area contributed by atoms with Gasteiger partial charge in [-0.05, 0) is 37.7 Å². The Bertz CT molecular complexity index is 310. The third-order valence-corrected chi connectivity index (χ3v) is 3.05. The highest BCUT2D eigenvalue weighted by atomic mass is 15.1. The molecular weight excluding hydrogens is 208 g/mol. The normalized spacial score (nSPS) is 11.1. The second-order valence-electron chi connectivity index (χ2n) is 4.57. The molecule has 1 aromatic rings. The highest BCUT2D eigenvalue weighted by Gasteiger charge is 2.03. The molecule has 0 aliphatic carbocycles. The maximum atomic E-state index is 3.20. The van der Waals surface area contributed by atoms with Gasteiger partial charge in [-0.3, -0.25) is 4.90 Å². The molecule has 2 heteroatoms. The first-order chi connectivity index (χ1) is 8.30. The maximum Gasteiger partial charge on any atom is 0.0233 e. The second-order valence-corrected chi connectivity index (χ2v) is 4.57. The van der Waals surface area contributed by atoms with Gasteiger partial charge >= 0.3 is 0 Å². The van der Waals surface area contributed by atoms with E-state index in [1.165, 1.54) is 30.5 Å². The number of nitrogens with zero attached hydrogens (tertiary/aromatic N) is 1. The Balaban J connectivity index is 2.55. The molecule has 0 fully saturated rings. The van der Waals surface area contributed by atoms with Gasteiger partial charge in [-0.1, -0.05) is 44.5 Å². The average Bonchev–Trinajstić information content (AvgIpc) is 2.35. The van der Waals surface area contributed by atoms with Crippen LogP contribution in [0.5, 0.6) is 0 Å². The molecule has 0 aliphatic heterocycles. The topological polar surface area (TPSA) is 15.3 Å². The third-order valence-electron chi connectivity index (χ3n) is 3.05. The number of hydrogen-bond donors (Lipinski definition) is 1. The van der Waals surface area contributed by atoms with Crippen LogP contribution in [0.25, 0.3) is 0 Å². The fourth-order valence-electron chi connectivity index (χ4n) is 2.03. The molecule has 96 valence electrons. The fraction of sp³-hybridized carbons (Fsp3) is 0.600. The Morgan fingerprint density at radius 3 is 2.59 bits per heavy atom. The average molecular weight is 234 g/mol. The van der Waals surface area contributed by atoms with E-state index in [0.29, 0.717) is 0 Å². The summed E-state index contributed by atoms with van der Waals surface area (Å²) in [5.74, 6) is 0. The molecule has 0 aromatic heterocycles. The van der Waals surface area contributed by atoms with Crippen LogP contribution in [0.2, 0.25) is 0 Å². The van der Waals surface area contributed by atoms with Crippen molar-refractivity contribution in [2.24, 2.45) is 0 Å². The zero-order chi connectivity index (χ0) is 12.5.